The van der Waals surface area contributed by atoms with Crippen molar-refractivity contribution in [1.29, 1.82) is 0 Å². The van der Waals surface area contributed by atoms with Crippen molar-refractivity contribution in [2.45, 2.75) is 4.90 Å². The fourth-order valence-electron chi connectivity index (χ4n) is 0.669. The molecule has 0 radical (unpaired) electrons. The number of halogens is 1. The standard InChI is InChI=1S/C6H6BrNO3S/c7-5-12(10,11)6-1-3-8(9)4-2-6/h1-4H,5H2. The average molecular weight is 252 g/mol. The van der Waals surface area contributed by atoms with E-state index in [1.807, 2.05) is 0 Å². The van der Waals surface area contributed by atoms with Crippen LogP contribution in [0.2, 0.25) is 0 Å². The Hall–Kier alpha value is -0.620. The summed E-state index contributed by atoms with van der Waals surface area (Å²) in [6.07, 6.45) is 2.30. The minimum absolute atomic E-state index is 0.136. The summed E-state index contributed by atoms with van der Waals surface area (Å²) in [6.45, 7) is 0. The molecule has 66 valence electrons. The van der Waals surface area contributed by atoms with Gasteiger partial charge in [0.25, 0.3) is 0 Å². The van der Waals surface area contributed by atoms with Crippen LogP contribution >= 0.6 is 15.9 Å². The van der Waals surface area contributed by atoms with Gasteiger partial charge in [-0.15, -0.1) is 0 Å². The SMILES string of the molecule is O=S(=O)(CBr)c1cc[n+]([O-])cc1. The normalized spacial score (nSPS) is 11.4. The summed E-state index contributed by atoms with van der Waals surface area (Å²) in [7, 11) is -3.25. The van der Waals surface area contributed by atoms with Crippen molar-refractivity contribution < 1.29 is 13.1 Å². The van der Waals surface area contributed by atoms with Crippen molar-refractivity contribution in [3.05, 3.63) is 29.7 Å². The van der Waals surface area contributed by atoms with E-state index in [1.54, 1.807) is 0 Å². The van der Waals surface area contributed by atoms with E-state index in [-0.39, 0.29) is 9.56 Å². The molecule has 1 rings (SSSR count). The zero-order valence-electron chi connectivity index (χ0n) is 5.97. The van der Waals surface area contributed by atoms with E-state index in [0.717, 1.165) is 12.4 Å². The summed E-state index contributed by atoms with van der Waals surface area (Å²) in [4.78, 5) is 0.145. The molecule has 1 heterocycles. The van der Waals surface area contributed by atoms with Gasteiger partial charge in [-0.05, 0) is 0 Å². The van der Waals surface area contributed by atoms with Gasteiger partial charge in [0, 0.05) is 12.1 Å². The van der Waals surface area contributed by atoms with Crippen molar-refractivity contribution in [3.63, 3.8) is 0 Å². The molecular weight excluding hydrogens is 246 g/mol. The van der Waals surface area contributed by atoms with Crippen LogP contribution in [0, 0.1) is 5.21 Å². The lowest BCUT2D eigenvalue weighted by molar-refractivity contribution is -0.605. The summed E-state index contributed by atoms with van der Waals surface area (Å²) in [6, 6.07) is 2.53. The Morgan fingerprint density at radius 2 is 1.92 bits per heavy atom. The molecule has 0 amide bonds. The average Bonchev–Trinajstić information content (AvgIpc) is 2.05. The topological polar surface area (TPSA) is 61.1 Å². The lowest BCUT2D eigenvalue weighted by Crippen LogP contribution is -2.24. The van der Waals surface area contributed by atoms with Crippen molar-refractivity contribution in [2.75, 3.05) is 4.66 Å². The van der Waals surface area contributed by atoms with Gasteiger partial charge in [0.15, 0.2) is 22.2 Å². The molecule has 0 aliphatic heterocycles. The molecule has 0 saturated heterocycles. The van der Waals surface area contributed by atoms with Gasteiger partial charge in [0.2, 0.25) is 0 Å². The van der Waals surface area contributed by atoms with E-state index < -0.39 is 9.84 Å². The van der Waals surface area contributed by atoms with Gasteiger partial charge in [-0.1, -0.05) is 15.9 Å². The zero-order valence-corrected chi connectivity index (χ0v) is 8.38. The van der Waals surface area contributed by atoms with Crippen molar-refractivity contribution in [2.24, 2.45) is 0 Å². The number of rotatable bonds is 2. The van der Waals surface area contributed by atoms with Crippen molar-refractivity contribution in [1.82, 2.24) is 0 Å². The molecular formula is C6H6BrNO3S. The second kappa shape index (κ2) is 3.40. The van der Waals surface area contributed by atoms with E-state index in [4.69, 9.17) is 0 Å². The number of hydrogen-bond acceptors (Lipinski definition) is 3. The first kappa shape index (κ1) is 9.47. The van der Waals surface area contributed by atoms with E-state index in [2.05, 4.69) is 15.9 Å². The molecule has 0 fully saturated rings. The summed E-state index contributed by atoms with van der Waals surface area (Å²) in [5.74, 6) is 0. The number of hydrogen-bond donors (Lipinski definition) is 0. The number of sulfone groups is 1. The summed E-state index contributed by atoms with van der Waals surface area (Å²) in [5, 5.41) is 10.5. The van der Waals surface area contributed by atoms with Crippen LogP contribution in [0.5, 0.6) is 0 Å². The largest absolute Gasteiger partial charge is 0.619 e. The third-order valence-electron chi connectivity index (χ3n) is 1.27. The first-order valence-electron chi connectivity index (χ1n) is 3.04. The molecule has 0 aliphatic carbocycles. The Kier molecular flexibility index (Phi) is 2.69. The second-order valence-corrected chi connectivity index (χ2v) is 5.41. The van der Waals surface area contributed by atoms with Gasteiger partial charge in [0.05, 0.1) is 4.90 Å². The third kappa shape index (κ3) is 1.95. The Bertz CT molecular complexity index is 359. The molecule has 0 unspecified atom stereocenters. The summed E-state index contributed by atoms with van der Waals surface area (Å²) in [5.41, 5.74) is 0. The predicted octanol–water partition coefficient (Wildman–Crippen LogP) is 0.446. The summed E-state index contributed by atoms with van der Waals surface area (Å²) < 4.78 is 22.7. The molecule has 4 nitrogen and oxygen atoms in total. The van der Waals surface area contributed by atoms with E-state index in [1.165, 1.54) is 12.1 Å². The maximum Gasteiger partial charge on any atom is 0.188 e. The smallest absolute Gasteiger partial charge is 0.188 e. The monoisotopic (exact) mass is 251 g/mol. The van der Waals surface area contributed by atoms with E-state index in [0.29, 0.717) is 4.73 Å². The predicted molar refractivity (Wildman–Crippen MR) is 46.4 cm³/mol. The van der Waals surface area contributed by atoms with E-state index >= 15 is 0 Å². The van der Waals surface area contributed by atoms with Gasteiger partial charge in [-0.3, -0.25) is 0 Å². The Labute approximate surface area is 78.5 Å². The molecule has 1 aromatic rings. The molecule has 0 N–H and O–H groups in total. The molecule has 0 saturated carbocycles. The van der Waals surface area contributed by atoms with Crippen molar-refractivity contribution in [3.8, 4) is 0 Å². The van der Waals surface area contributed by atoms with Crippen LogP contribution in [0.3, 0.4) is 0 Å². The number of pyridine rings is 1. The molecule has 12 heavy (non-hydrogen) atoms. The van der Waals surface area contributed by atoms with Crippen LogP contribution < -0.4 is 4.73 Å². The molecule has 0 atom stereocenters. The fraction of sp³-hybridized carbons (Fsp3) is 0.167. The molecule has 6 heteroatoms. The van der Waals surface area contributed by atoms with Crippen LogP contribution in [0.15, 0.2) is 29.4 Å². The first-order chi connectivity index (χ1) is 5.56. The number of nitrogens with zero attached hydrogens (tertiary/aromatic N) is 1. The highest BCUT2D eigenvalue weighted by Crippen LogP contribution is 2.10. The van der Waals surface area contributed by atoms with Gasteiger partial charge >= 0.3 is 0 Å². The third-order valence-corrected chi connectivity index (χ3v) is 4.36. The maximum absolute atomic E-state index is 11.2. The van der Waals surface area contributed by atoms with Crippen LogP contribution in [0.25, 0.3) is 0 Å². The second-order valence-electron chi connectivity index (χ2n) is 2.12. The van der Waals surface area contributed by atoms with Gasteiger partial charge in [-0.2, -0.15) is 4.73 Å². The number of alkyl halides is 1. The lowest BCUT2D eigenvalue weighted by Gasteiger charge is -1.98. The fourth-order valence-corrected chi connectivity index (χ4v) is 2.12. The summed E-state index contributed by atoms with van der Waals surface area (Å²) >= 11 is 2.85. The Morgan fingerprint density at radius 1 is 1.42 bits per heavy atom. The minimum atomic E-state index is -3.25. The van der Waals surface area contributed by atoms with Gasteiger partial charge in [0.1, 0.15) is 4.66 Å². The molecule has 0 bridgehead atoms. The van der Waals surface area contributed by atoms with Crippen molar-refractivity contribution >= 4 is 25.8 Å². The molecule has 0 aromatic carbocycles. The molecule has 1 aromatic heterocycles. The first-order valence-corrected chi connectivity index (χ1v) is 5.81. The highest BCUT2D eigenvalue weighted by Gasteiger charge is 2.12. The minimum Gasteiger partial charge on any atom is -0.619 e. The van der Waals surface area contributed by atoms with E-state index in [9.17, 15) is 13.6 Å². The zero-order chi connectivity index (χ0) is 9.19. The van der Waals surface area contributed by atoms with Crippen LogP contribution in [0.1, 0.15) is 0 Å². The highest BCUT2D eigenvalue weighted by molar-refractivity contribution is 9.10. The van der Waals surface area contributed by atoms with Gasteiger partial charge in [-0.25, -0.2) is 8.42 Å². The van der Waals surface area contributed by atoms with Crippen LogP contribution in [-0.4, -0.2) is 13.1 Å². The van der Waals surface area contributed by atoms with Gasteiger partial charge < -0.3 is 5.21 Å². The maximum atomic E-state index is 11.2. The molecule has 0 aliphatic rings. The molecule has 0 spiro atoms. The lowest BCUT2D eigenvalue weighted by atomic mass is 10.5. The highest BCUT2D eigenvalue weighted by atomic mass is 79.9. The quantitative estimate of drug-likeness (QED) is 0.436. The van der Waals surface area contributed by atoms with Crippen LogP contribution in [0.4, 0.5) is 0 Å². The number of aromatic nitrogens is 1. The Morgan fingerprint density at radius 3 is 2.33 bits per heavy atom. The van der Waals surface area contributed by atoms with Crippen LogP contribution in [-0.2, 0) is 9.84 Å². The Balaban J connectivity index is 3.14.